The minimum absolute atomic E-state index is 0.102. The second kappa shape index (κ2) is 8.21. The number of imidazole rings is 1. The Bertz CT molecular complexity index is 902. The number of aryl methyl sites for hydroxylation is 2. The lowest BCUT2D eigenvalue weighted by Crippen LogP contribution is -2.30. The monoisotopic (exact) mass is 378 g/mol. The average molecular weight is 379 g/mol. The zero-order valence-electron chi connectivity index (χ0n) is 16.9. The minimum Gasteiger partial charge on any atom is -0.349 e. The van der Waals surface area contributed by atoms with E-state index in [1.807, 2.05) is 29.2 Å². The molecule has 1 aromatic carbocycles. The van der Waals surface area contributed by atoms with Gasteiger partial charge in [0.25, 0.3) is 0 Å². The third-order valence-corrected chi connectivity index (χ3v) is 5.99. The number of aromatic nitrogens is 3. The molecule has 2 aromatic heterocycles. The Morgan fingerprint density at radius 3 is 2.68 bits per heavy atom. The number of rotatable bonds is 7. The summed E-state index contributed by atoms with van der Waals surface area (Å²) in [5.74, 6) is 1.21. The number of benzene rings is 1. The predicted molar refractivity (Wildman–Crippen MR) is 112 cm³/mol. The van der Waals surface area contributed by atoms with Gasteiger partial charge in [0.1, 0.15) is 5.82 Å². The highest BCUT2D eigenvalue weighted by molar-refractivity contribution is 5.78. The first-order chi connectivity index (χ1) is 13.6. The van der Waals surface area contributed by atoms with Crippen LogP contribution in [-0.4, -0.2) is 31.9 Å². The predicted octanol–water partition coefficient (Wildman–Crippen LogP) is 4.91. The third kappa shape index (κ3) is 3.84. The second-order valence-corrected chi connectivity index (χ2v) is 7.96. The summed E-state index contributed by atoms with van der Waals surface area (Å²) in [5.41, 5.74) is 4.67. The Kier molecular flexibility index (Phi) is 5.51. The highest BCUT2D eigenvalue weighted by atomic mass is 16.2. The number of nitrogens with one attached hydrogen (secondary N) is 1. The number of carbonyl (C=O) groups excluding carboxylic acids is 1. The van der Waals surface area contributed by atoms with Gasteiger partial charge in [0.15, 0.2) is 0 Å². The Morgan fingerprint density at radius 1 is 1.11 bits per heavy atom. The van der Waals surface area contributed by atoms with Crippen LogP contribution in [0.15, 0.2) is 36.4 Å². The maximum Gasteiger partial charge on any atom is 0.223 e. The number of fused-ring (bicyclic) bond motifs is 1. The summed E-state index contributed by atoms with van der Waals surface area (Å²) < 4.78 is 2.36. The molecule has 1 atom stereocenters. The molecule has 0 unspecified atom stereocenters. The van der Waals surface area contributed by atoms with E-state index in [0.29, 0.717) is 6.42 Å². The van der Waals surface area contributed by atoms with Gasteiger partial charge < -0.3 is 14.5 Å². The molecular weight excluding hydrogens is 348 g/mol. The summed E-state index contributed by atoms with van der Waals surface area (Å²) in [5, 5.41) is 0. The molecule has 0 radical (unpaired) electrons. The number of aromatic amines is 1. The van der Waals surface area contributed by atoms with Gasteiger partial charge in [-0.05, 0) is 63.8 Å². The lowest BCUT2D eigenvalue weighted by atomic mass is 10.1. The molecule has 3 aromatic rings. The van der Waals surface area contributed by atoms with Crippen LogP contribution in [-0.2, 0) is 11.3 Å². The normalized spacial score (nSPS) is 16.9. The Morgan fingerprint density at radius 2 is 1.89 bits per heavy atom. The maximum absolute atomic E-state index is 12.8. The average Bonchev–Trinajstić information content (AvgIpc) is 3.41. The SMILES string of the molecule is Cc1ccc(C)n1CCCCCC(=O)N1CCC[C@@H]1c1nc2ccccc2[nH]1. The molecule has 1 amide bonds. The lowest BCUT2D eigenvalue weighted by molar-refractivity contribution is -0.132. The Hall–Kier alpha value is -2.56. The van der Waals surface area contributed by atoms with Gasteiger partial charge in [-0.2, -0.15) is 0 Å². The van der Waals surface area contributed by atoms with E-state index in [-0.39, 0.29) is 11.9 Å². The molecule has 1 fully saturated rings. The van der Waals surface area contributed by atoms with Gasteiger partial charge in [0.05, 0.1) is 17.1 Å². The van der Waals surface area contributed by atoms with Crippen molar-refractivity contribution < 1.29 is 4.79 Å². The zero-order chi connectivity index (χ0) is 19.5. The van der Waals surface area contributed by atoms with Crippen LogP contribution < -0.4 is 0 Å². The van der Waals surface area contributed by atoms with E-state index in [0.717, 1.165) is 62.1 Å². The summed E-state index contributed by atoms with van der Waals surface area (Å²) in [6.07, 6.45) is 5.86. The number of likely N-dealkylation sites (tertiary alicyclic amines) is 1. The fourth-order valence-corrected chi connectivity index (χ4v) is 4.40. The van der Waals surface area contributed by atoms with E-state index in [2.05, 4.69) is 35.5 Å². The number of nitrogens with zero attached hydrogens (tertiary/aromatic N) is 3. The molecule has 5 heteroatoms. The summed E-state index contributed by atoms with van der Waals surface area (Å²) in [7, 11) is 0. The molecule has 0 saturated carbocycles. The molecule has 0 bridgehead atoms. The third-order valence-electron chi connectivity index (χ3n) is 5.99. The van der Waals surface area contributed by atoms with Crippen LogP contribution in [0.5, 0.6) is 0 Å². The number of carbonyl (C=O) groups is 1. The Labute approximate surface area is 166 Å². The van der Waals surface area contributed by atoms with Crippen LogP contribution in [0.1, 0.15) is 61.8 Å². The van der Waals surface area contributed by atoms with Gasteiger partial charge in [0, 0.05) is 30.9 Å². The number of amides is 1. The number of para-hydroxylation sites is 2. The highest BCUT2D eigenvalue weighted by Gasteiger charge is 2.31. The number of unbranched alkanes of at least 4 members (excludes halogenated alkanes) is 2. The van der Waals surface area contributed by atoms with Crippen molar-refractivity contribution in [2.75, 3.05) is 6.54 Å². The van der Waals surface area contributed by atoms with Crippen molar-refractivity contribution in [3.63, 3.8) is 0 Å². The summed E-state index contributed by atoms with van der Waals surface area (Å²) >= 11 is 0. The topological polar surface area (TPSA) is 53.9 Å². The van der Waals surface area contributed by atoms with Gasteiger partial charge in [-0.3, -0.25) is 4.79 Å². The van der Waals surface area contributed by atoms with Crippen molar-refractivity contribution >= 4 is 16.9 Å². The molecule has 28 heavy (non-hydrogen) atoms. The number of hydrogen-bond donors (Lipinski definition) is 1. The van der Waals surface area contributed by atoms with E-state index in [1.54, 1.807) is 0 Å². The van der Waals surface area contributed by atoms with Crippen LogP contribution in [0.2, 0.25) is 0 Å². The number of H-pyrrole nitrogens is 1. The maximum atomic E-state index is 12.8. The van der Waals surface area contributed by atoms with Crippen molar-refractivity contribution in [3.8, 4) is 0 Å². The van der Waals surface area contributed by atoms with Gasteiger partial charge in [-0.15, -0.1) is 0 Å². The molecular formula is C23H30N4O. The molecule has 0 spiro atoms. The van der Waals surface area contributed by atoms with Crippen molar-refractivity contribution in [1.82, 2.24) is 19.4 Å². The lowest BCUT2D eigenvalue weighted by Gasteiger charge is -2.23. The second-order valence-electron chi connectivity index (χ2n) is 7.96. The molecule has 1 saturated heterocycles. The minimum atomic E-state index is 0.102. The summed E-state index contributed by atoms with van der Waals surface area (Å²) in [4.78, 5) is 23.0. The molecule has 1 aliphatic heterocycles. The van der Waals surface area contributed by atoms with Gasteiger partial charge in [-0.1, -0.05) is 18.6 Å². The van der Waals surface area contributed by atoms with E-state index >= 15 is 0 Å². The smallest absolute Gasteiger partial charge is 0.223 e. The zero-order valence-corrected chi connectivity index (χ0v) is 16.9. The van der Waals surface area contributed by atoms with E-state index in [4.69, 9.17) is 4.98 Å². The summed E-state index contributed by atoms with van der Waals surface area (Å²) in [6.45, 7) is 6.21. The highest BCUT2D eigenvalue weighted by Crippen LogP contribution is 2.32. The van der Waals surface area contributed by atoms with Gasteiger partial charge >= 0.3 is 0 Å². The largest absolute Gasteiger partial charge is 0.349 e. The van der Waals surface area contributed by atoms with Crippen LogP contribution in [0, 0.1) is 13.8 Å². The molecule has 148 valence electrons. The van der Waals surface area contributed by atoms with Crippen LogP contribution in [0.3, 0.4) is 0 Å². The standard InChI is InChI=1S/C23H30N4O/c1-17-13-14-18(2)26(17)15-7-3-4-12-22(28)27-16-8-11-21(27)23-24-19-9-5-6-10-20(19)25-23/h5-6,9-10,13-14,21H,3-4,7-8,11-12,15-16H2,1-2H3,(H,24,25)/t21-/m1/s1. The van der Waals surface area contributed by atoms with Crippen LogP contribution in [0.4, 0.5) is 0 Å². The molecule has 1 N–H and O–H groups in total. The quantitative estimate of drug-likeness (QED) is 0.594. The van der Waals surface area contributed by atoms with Crippen LogP contribution in [0.25, 0.3) is 11.0 Å². The fraction of sp³-hybridized carbons (Fsp3) is 0.478. The molecule has 4 rings (SSSR count). The van der Waals surface area contributed by atoms with Crippen LogP contribution >= 0.6 is 0 Å². The first-order valence-corrected chi connectivity index (χ1v) is 10.5. The molecule has 1 aliphatic rings. The first-order valence-electron chi connectivity index (χ1n) is 10.5. The Balaban J connectivity index is 1.29. The van der Waals surface area contributed by atoms with Crippen molar-refractivity contribution in [3.05, 3.63) is 53.6 Å². The van der Waals surface area contributed by atoms with E-state index in [1.165, 1.54) is 11.4 Å². The molecule has 0 aliphatic carbocycles. The first kappa shape index (κ1) is 18.8. The van der Waals surface area contributed by atoms with E-state index < -0.39 is 0 Å². The van der Waals surface area contributed by atoms with Gasteiger partial charge in [0.2, 0.25) is 5.91 Å². The number of hydrogen-bond acceptors (Lipinski definition) is 2. The molecule has 5 nitrogen and oxygen atoms in total. The van der Waals surface area contributed by atoms with Crippen molar-refractivity contribution in [2.45, 2.75) is 65.0 Å². The van der Waals surface area contributed by atoms with Crippen molar-refractivity contribution in [2.24, 2.45) is 0 Å². The fourth-order valence-electron chi connectivity index (χ4n) is 4.40. The summed E-state index contributed by atoms with van der Waals surface area (Å²) in [6, 6.07) is 12.5. The van der Waals surface area contributed by atoms with Crippen molar-refractivity contribution in [1.29, 1.82) is 0 Å². The molecule has 3 heterocycles. The van der Waals surface area contributed by atoms with E-state index in [9.17, 15) is 4.79 Å². The van der Waals surface area contributed by atoms with Gasteiger partial charge in [-0.25, -0.2) is 4.98 Å².